The first kappa shape index (κ1) is 10.1. The summed E-state index contributed by atoms with van der Waals surface area (Å²) in [5.74, 6) is -0.739. The highest BCUT2D eigenvalue weighted by Crippen LogP contribution is 2.50. The minimum Gasteiger partial charge on any atom is -0.481 e. The molecule has 1 aliphatic rings. The van der Waals surface area contributed by atoms with Gasteiger partial charge in [-0.05, 0) is 30.5 Å². The Morgan fingerprint density at radius 3 is 2.65 bits per heavy atom. The quantitative estimate of drug-likeness (QED) is 0.874. The Labute approximate surface area is 98.5 Å². The molecule has 1 saturated carbocycles. The summed E-state index contributed by atoms with van der Waals surface area (Å²) < 4.78 is 1.72. The SMILES string of the molecule is O=C(O)C1(c2ccccc2-n2cccn2)CC1. The summed E-state index contributed by atoms with van der Waals surface area (Å²) in [6, 6.07) is 9.41. The molecule has 0 saturated heterocycles. The Balaban J connectivity index is 2.15. The lowest BCUT2D eigenvalue weighted by Gasteiger charge is -2.15. The maximum Gasteiger partial charge on any atom is 0.314 e. The monoisotopic (exact) mass is 228 g/mol. The van der Waals surface area contributed by atoms with Crippen LogP contribution in [0.4, 0.5) is 0 Å². The molecule has 0 unspecified atom stereocenters. The second-order valence-electron chi connectivity index (χ2n) is 4.36. The maximum absolute atomic E-state index is 11.4. The van der Waals surface area contributed by atoms with E-state index in [4.69, 9.17) is 0 Å². The molecule has 4 nitrogen and oxygen atoms in total. The van der Waals surface area contributed by atoms with Crippen molar-refractivity contribution in [1.82, 2.24) is 9.78 Å². The van der Waals surface area contributed by atoms with E-state index in [1.54, 1.807) is 10.9 Å². The van der Waals surface area contributed by atoms with Crippen LogP contribution in [-0.2, 0) is 10.2 Å². The van der Waals surface area contributed by atoms with Gasteiger partial charge in [0.2, 0.25) is 0 Å². The minimum absolute atomic E-state index is 0.692. The third-order valence-corrected chi connectivity index (χ3v) is 3.33. The van der Waals surface area contributed by atoms with E-state index in [-0.39, 0.29) is 0 Å². The van der Waals surface area contributed by atoms with Crippen molar-refractivity contribution in [2.45, 2.75) is 18.3 Å². The molecule has 0 atom stereocenters. The van der Waals surface area contributed by atoms with Gasteiger partial charge in [-0.2, -0.15) is 5.10 Å². The highest BCUT2D eigenvalue weighted by molar-refractivity contribution is 5.86. The van der Waals surface area contributed by atoms with Crippen LogP contribution >= 0.6 is 0 Å². The summed E-state index contributed by atoms with van der Waals surface area (Å²) >= 11 is 0. The van der Waals surface area contributed by atoms with Gasteiger partial charge in [0.25, 0.3) is 0 Å². The molecule has 0 radical (unpaired) electrons. The molecule has 1 aliphatic carbocycles. The molecular formula is C13H12N2O2. The van der Waals surface area contributed by atoms with Crippen LogP contribution in [0, 0.1) is 0 Å². The smallest absolute Gasteiger partial charge is 0.314 e. The normalized spacial score (nSPS) is 16.7. The molecule has 1 fully saturated rings. The number of aromatic nitrogens is 2. The van der Waals surface area contributed by atoms with Gasteiger partial charge >= 0.3 is 5.97 Å². The Morgan fingerprint density at radius 1 is 1.29 bits per heavy atom. The molecule has 0 bridgehead atoms. The van der Waals surface area contributed by atoms with Crippen LogP contribution in [0.2, 0.25) is 0 Å². The zero-order chi connectivity index (χ0) is 11.9. The highest BCUT2D eigenvalue weighted by Gasteiger charge is 2.53. The summed E-state index contributed by atoms with van der Waals surface area (Å²) in [4.78, 5) is 11.4. The standard InChI is InChI=1S/C13H12N2O2/c16-12(17)13(6-7-13)10-4-1-2-5-11(10)15-9-3-8-14-15/h1-5,8-9H,6-7H2,(H,16,17). The van der Waals surface area contributed by atoms with Crippen LogP contribution in [0.1, 0.15) is 18.4 Å². The molecule has 0 amide bonds. The van der Waals surface area contributed by atoms with Crippen molar-refractivity contribution in [3.63, 3.8) is 0 Å². The number of benzene rings is 1. The Morgan fingerprint density at radius 2 is 2.06 bits per heavy atom. The van der Waals surface area contributed by atoms with Gasteiger partial charge in [-0.15, -0.1) is 0 Å². The molecule has 1 heterocycles. The average Bonchev–Trinajstić information content (AvgIpc) is 2.98. The lowest BCUT2D eigenvalue weighted by molar-refractivity contribution is -0.140. The fourth-order valence-corrected chi connectivity index (χ4v) is 2.21. The van der Waals surface area contributed by atoms with Crippen molar-refractivity contribution in [2.75, 3.05) is 0 Å². The predicted octanol–water partition coefficient (Wildman–Crippen LogP) is 1.99. The number of aliphatic carboxylic acids is 1. The van der Waals surface area contributed by atoms with Crippen molar-refractivity contribution in [3.8, 4) is 5.69 Å². The average molecular weight is 228 g/mol. The maximum atomic E-state index is 11.4. The van der Waals surface area contributed by atoms with E-state index in [1.807, 2.05) is 36.5 Å². The van der Waals surface area contributed by atoms with E-state index in [0.717, 1.165) is 11.3 Å². The lowest BCUT2D eigenvalue weighted by Crippen LogP contribution is -2.21. The largest absolute Gasteiger partial charge is 0.481 e. The molecule has 1 aromatic carbocycles. The van der Waals surface area contributed by atoms with Gasteiger partial charge in [0.05, 0.1) is 11.1 Å². The number of carbonyl (C=O) groups is 1. The molecule has 3 rings (SSSR count). The number of hydrogen-bond acceptors (Lipinski definition) is 2. The number of carboxylic acid groups (broad SMARTS) is 1. The van der Waals surface area contributed by atoms with Crippen LogP contribution in [-0.4, -0.2) is 20.9 Å². The zero-order valence-electron chi connectivity index (χ0n) is 9.21. The van der Waals surface area contributed by atoms with E-state index >= 15 is 0 Å². The molecule has 4 heteroatoms. The predicted molar refractivity (Wildman–Crippen MR) is 62.1 cm³/mol. The first-order valence-corrected chi connectivity index (χ1v) is 5.57. The van der Waals surface area contributed by atoms with Gasteiger partial charge < -0.3 is 5.11 Å². The fraction of sp³-hybridized carbons (Fsp3) is 0.231. The van der Waals surface area contributed by atoms with E-state index in [1.165, 1.54) is 0 Å². The minimum atomic E-state index is -0.739. The van der Waals surface area contributed by atoms with Crippen molar-refractivity contribution in [2.24, 2.45) is 0 Å². The van der Waals surface area contributed by atoms with Crippen LogP contribution < -0.4 is 0 Å². The number of hydrogen-bond donors (Lipinski definition) is 1. The number of nitrogens with zero attached hydrogens (tertiary/aromatic N) is 2. The molecule has 86 valence electrons. The van der Waals surface area contributed by atoms with Gasteiger partial charge in [0, 0.05) is 12.4 Å². The lowest BCUT2D eigenvalue weighted by atomic mass is 9.94. The van der Waals surface area contributed by atoms with Crippen LogP contribution in [0.5, 0.6) is 0 Å². The van der Waals surface area contributed by atoms with Crippen molar-refractivity contribution in [1.29, 1.82) is 0 Å². The molecule has 2 aromatic rings. The van der Waals surface area contributed by atoms with E-state index in [9.17, 15) is 9.90 Å². The number of rotatable bonds is 3. The Kier molecular flexibility index (Phi) is 2.04. The first-order chi connectivity index (χ1) is 8.24. The van der Waals surface area contributed by atoms with Gasteiger partial charge in [-0.3, -0.25) is 4.79 Å². The van der Waals surface area contributed by atoms with Crippen LogP contribution in [0.3, 0.4) is 0 Å². The van der Waals surface area contributed by atoms with Gasteiger partial charge in [-0.25, -0.2) is 4.68 Å². The summed E-state index contributed by atoms with van der Waals surface area (Å²) in [5, 5.41) is 13.5. The summed E-state index contributed by atoms with van der Waals surface area (Å²) in [6.45, 7) is 0. The third-order valence-electron chi connectivity index (χ3n) is 3.33. The molecule has 1 N–H and O–H groups in total. The molecular weight excluding hydrogens is 216 g/mol. The summed E-state index contributed by atoms with van der Waals surface area (Å²) in [6.07, 6.45) is 4.94. The van der Waals surface area contributed by atoms with E-state index in [2.05, 4.69) is 5.10 Å². The Bertz CT molecular complexity index is 557. The first-order valence-electron chi connectivity index (χ1n) is 5.57. The molecule has 1 aromatic heterocycles. The molecule has 0 spiro atoms. The second-order valence-corrected chi connectivity index (χ2v) is 4.36. The second kappa shape index (κ2) is 3.45. The van der Waals surface area contributed by atoms with E-state index in [0.29, 0.717) is 12.8 Å². The van der Waals surface area contributed by atoms with Crippen molar-refractivity contribution < 1.29 is 9.90 Å². The highest BCUT2D eigenvalue weighted by atomic mass is 16.4. The van der Waals surface area contributed by atoms with Gasteiger partial charge in [0.15, 0.2) is 0 Å². The fourth-order valence-electron chi connectivity index (χ4n) is 2.21. The molecule has 17 heavy (non-hydrogen) atoms. The van der Waals surface area contributed by atoms with Crippen LogP contribution in [0.15, 0.2) is 42.7 Å². The van der Waals surface area contributed by atoms with Crippen molar-refractivity contribution in [3.05, 3.63) is 48.3 Å². The Hall–Kier alpha value is -2.10. The molecule has 0 aliphatic heterocycles. The van der Waals surface area contributed by atoms with Gasteiger partial charge in [-0.1, -0.05) is 18.2 Å². The topological polar surface area (TPSA) is 55.1 Å². The van der Waals surface area contributed by atoms with Crippen LogP contribution in [0.25, 0.3) is 5.69 Å². The summed E-state index contributed by atoms with van der Waals surface area (Å²) in [7, 11) is 0. The summed E-state index contributed by atoms with van der Waals surface area (Å²) in [5.41, 5.74) is 1.02. The van der Waals surface area contributed by atoms with E-state index < -0.39 is 11.4 Å². The zero-order valence-corrected chi connectivity index (χ0v) is 9.21. The number of para-hydroxylation sites is 1. The third kappa shape index (κ3) is 1.45. The van der Waals surface area contributed by atoms with Gasteiger partial charge in [0.1, 0.15) is 0 Å². The van der Waals surface area contributed by atoms with Crippen molar-refractivity contribution >= 4 is 5.97 Å². The number of carboxylic acids is 1.